The van der Waals surface area contributed by atoms with Crippen molar-refractivity contribution in [2.75, 3.05) is 6.54 Å². The third-order valence-corrected chi connectivity index (χ3v) is 5.04. The van der Waals surface area contributed by atoms with Crippen molar-refractivity contribution in [3.63, 3.8) is 0 Å². The van der Waals surface area contributed by atoms with Crippen LogP contribution >= 0.6 is 0 Å². The number of nitrogens with zero attached hydrogens (tertiary/aromatic N) is 1. The second-order valence-electron chi connectivity index (χ2n) is 6.84. The van der Waals surface area contributed by atoms with Crippen molar-refractivity contribution < 1.29 is 28.0 Å². The van der Waals surface area contributed by atoms with Crippen LogP contribution < -0.4 is 16.4 Å². The fourth-order valence-corrected chi connectivity index (χ4v) is 3.63. The van der Waals surface area contributed by atoms with E-state index in [9.17, 15) is 28.0 Å². The average molecular weight is 400 g/mol. The molecule has 5 amide bonds. The molecule has 10 heteroatoms. The van der Waals surface area contributed by atoms with Gasteiger partial charge in [-0.2, -0.15) is 0 Å². The maximum Gasteiger partial charge on any atom is 0.322 e. The normalized spacial score (nSPS) is 20.5. The second kappa shape index (κ2) is 6.36. The van der Waals surface area contributed by atoms with Gasteiger partial charge >= 0.3 is 6.03 Å². The summed E-state index contributed by atoms with van der Waals surface area (Å²) in [7, 11) is 0. The highest BCUT2D eigenvalue weighted by Crippen LogP contribution is 2.32. The molecule has 0 aromatic heterocycles. The first-order valence-corrected chi connectivity index (χ1v) is 8.52. The number of hydrogen-bond acceptors (Lipinski definition) is 4. The molecule has 8 nitrogen and oxygen atoms in total. The van der Waals surface area contributed by atoms with E-state index in [0.29, 0.717) is 5.56 Å². The first-order chi connectivity index (χ1) is 13.7. The van der Waals surface area contributed by atoms with E-state index in [1.807, 2.05) is 0 Å². The van der Waals surface area contributed by atoms with Crippen LogP contribution in [0.25, 0.3) is 0 Å². The fourth-order valence-electron chi connectivity index (χ4n) is 3.63. The Morgan fingerprint density at radius 1 is 1.14 bits per heavy atom. The first kappa shape index (κ1) is 18.5. The molecule has 1 atom stereocenters. The minimum absolute atomic E-state index is 0.0270. The molecule has 4 N–H and O–H groups in total. The molecule has 0 radical (unpaired) electrons. The maximum atomic E-state index is 14.1. The van der Waals surface area contributed by atoms with Gasteiger partial charge in [0.25, 0.3) is 17.7 Å². The van der Waals surface area contributed by atoms with Gasteiger partial charge in [0.1, 0.15) is 11.6 Å². The van der Waals surface area contributed by atoms with Crippen molar-refractivity contribution in [3.05, 3.63) is 70.3 Å². The number of imide groups is 1. The van der Waals surface area contributed by atoms with Gasteiger partial charge in [-0.05, 0) is 35.4 Å². The average Bonchev–Trinajstić information content (AvgIpc) is 3.11. The monoisotopic (exact) mass is 400 g/mol. The highest BCUT2D eigenvalue weighted by molar-refractivity contribution is 6.08. The number of halogens is 2. The number of benzene rings is 2. The third kappa shape index (κ3) is 2.89. The van der Waals surface area contributed by atoms with Crippen LogP contribution in [0.1, 0.15) is 31.8 Å². The maximum absolute atomic E-state index is 14.1. The van der Waals surface area contributed by atoms with Gasteiger partial charge in [-0.3, -0.25) is 19.7 Å². The van der Waals surface area contributed by atoms with Crippen LogP contribution in [0.15, 0.2) is 36.4 Å². The summed E-state index contributed by atoms with van der Waals surface area (Å²) in [6.45, 7) is -0.307. The zero-order chi connectivity index (χ0) is 20.9. The van der Waals surface area contributed by atoms with Gasteiger partial charge in [0.15, 0.2) is 5.54 Å². The largest absolute Gasteiger partial charge is 0.366 e. The minimum Gasteiger partial charge on any atom is -0.366 e. The van der Waals surface area contributed by atoms with Gasteiger partial charge in [0.05, 0.1) is 12.1 Å². The predicted molar refractivity (Wildman–Crippen MR) is 94.4 cm³/mol. The van der Waals surface area contributed by atoms with Gasteiger partial charge in [0.2, 0.25) is 0 Å². The standard InChI is InChI=1S/C19H14F2N4O4/c20-11-3-1-10(2-4-11)19(17(28)23-18(29)24-19)8-25-7-9-5-13(15(22)26)14(21)6-12(9)16(25)27/h1-6H,7-8H2,(H2,22,26)(H2,23,24,28,29). The number of carbonyl (C=O) groups is 4. The molecule has 1 unspecified atom stereocenters. The summed E-state index contributed by atoms with van der Waals surface area (Å²) < 4.78 is 27.4. The highest BCUT2D eigenvalue weighted by atomic mass is 19.1. The fraction of sp³-hybridized carbons (Fsp3) is 0.158. The van der Waals surface area contributed by atoms with Gasteiger partial charge in [0, 0.05) is 12.1 Å². The Hall–Kier alpha value is -3.82. The molecular weight excluding hydrogens is 386 g/mol. The summed E-state index contributed by atoms with van der Waals surface area (Å²) in [4.78, 5) is 49.8. The van der Waals surface area contributed by atoms with Crippen LogP contribution in [0.4, 0.5) is 13.6 Å². The Morgan fingerprint density at radius 3 is 2.41 bits per heavy atom. The van der Waals surface area contributed by atoms with E-state index in [1.165, 1.54) is 23.1 Å². The number of urea groups is 1. The number of nitrogens with two attached hydrogens (primary N) is 1. The summed E-state index contributed by atoms with van der Waals surface area (Å²) in [5.74, 6) is -3.71. The Morgan fingerprint density at radius 2 is 1.83 bits per heavy atom. The van der Waals surface area contributed by atoms with Crippen LogP contribution in [0.3, 0.4) is 0 Å². The molecule has 148 valence electrons. The van der Waals surface area contributed by atoms with Crippen LogP contribution in [0.2, 0.25) is 0 Å². The van der Waals surface area contributed by atoms with Gasteiger partial charge in [-0.15, -0.1) is 0 Å². The SMILES string of the molecule is NC(=O)c1cc2c(cc1F)C(=O)N(CC1(c3ccc(F)cc3)NC(=O)NC1=O)C2. The van der Waals surface area contributed by atoms with E-state index >= 15 is 0 Å². The summed E-state index contributed by atoms with van der Waals surface area (Å²) >= 11 is 0. The number of carbonyl (C=O) groups excluding carboxylic acids is 4. The Balaban J connectivity index is 1.71. The van der Waals surface area contributed by atoms with E-state index in [1.54, 1.807) is 0 Å². The molecule has 2 aromatic carbocycles. The van der Waals surface area contributed by atoms with Crippen LogP contribution in [0.5, 0.6) is 0 Å². The van der Waals surface area contributed by atoms with E-state index < -0.39 is 40.9 Å². The molecule has 2 aromatic rings. The van der Waals surface area contributed by atoms with E-state index in [-0.39, 0.29) is 29.8 Å². The molecule has 2 aliphatic rings. The van der Waals surface area contributed by atoms with E-state index in [0.717, 1.165) is 18.2 Å². The molecule has 0 spiro atoms. The highest BCUT2D eigenvalue weighted by Gasteiger charge is 2.50. The zero-order valence-corrected chi connectivity index (χ0v) is 14.8. The lowest BCUT2D eigenvalue weighted by Gasteiger charge is -2.31. The van der Waals surface area contributed by atoms with Crippen LogP contribution in [-0.2, 0) is 16.9 Å². The zero-order valence-electron chi connectivity index (χ0n) is 14.8. The molecular formula is C19H14F2N4O4. The first-order valence-electron chi connectivity index (χ1n) is 8.52. The Labute approximate surface area is 162 Å². The molecule has 1 saturated heterocycles. The van der Waals surface area contributed by atoms with Crippen molar-refractivity contribution in [3.8, 4) is 0 Å². The number of rotatable bonds is 4. The van der Waals surface area contributed by atoms with Crippen molar-refractivity contribution >= 4 is 23.8 Å². The van der Waals surface area contributed by atoms with Crippen LogP contribution in [-0.4, -0.2) is 35.2 Å². The van der Waals surface area contributed by atoms with Crippen molar-refractivity contribution in [2.24, 2.45) is 5.73 Å². The summed E-state index contributed by atoms with van der Waals surface area (Å²) in [6, 6.07) is 6.29. The van der Waals surface area contributed by atoms with Gasteiger partial charge < -0.3 is 16.0 Å². The van der Waals surface area contributed by atoms with E-state index in [4.69, 9.17) is 5.73 Å². The topological polar surface area (TPSA) is 122 Å². The lowest BCUT2D eigenvalue weighted by Crippen LogP contribution is -2.52. The van der Waals surface area contributed by atoms with Gasteiger partial charge in [-0.25, -0.2) is 13.6 Å². The van der Waals surface area contributed by atoms with Crippen molar-refractivity contribution in [1.82, 2.24) is 15.5 Å². The second-order valence-corrected chi connectivity index (χ2v) is 6.84. The summed E-state index contributed by atoms with van der Waals surface area (Å²) in [5.41, 5.74) is 3.82. The van der Waals surface area contributed by atoms with Crippen LogP contribution in [0, 0.1) is 11.6 Å². The summed E-state index contributed by atoms with van der Waals surface area (Å²) in [6.07, 6.45) is 0. The number of hydrogen-bond donors (Lipinski definition) is 3. The Bertz CT molecular complexity index is 1090. The van der Waals surface area contributed by atoms with Gasteiger partial charge in [-0.1, -0.05) is 12.1 Å². The molecule has 0 bridgehead atoms. The molecule has 1 fully saturated rings. The molecule has 2 aliphatic heterocycles. The van der Waals surface area contributed by atoms with Crippen molar-refractivity contribution in [1.29, 1.82) is 0 Å². The van der Waals surface area contributed by atoms with E-state index in [2.05, 4.69) is 10.6 Å². The minimum atomic E-state index is -1.65. The lowest BCUT2D eigenvalue weighted by molar-refractivity contribution is -0.124. The molecule has 0 aliphatic carbocycles. The lowest BCUT2D eigenvalue weighted by atomic mass is 9.89. The number of fused-ring (bicyclic) bond motifs is 1. The smallest absolute Gasteiger partial charge is 0.322 e. The molecule has 0 saturated carbocycles. The number of amides is 5. The third-order valence-electron chi connectivity index (χ3n) is 5.04. The molecule has 2 heterocycles. The number of nitrogens with one attached hydrogen (secondary N) is 2. The Kier molecular flexibility index (Phi) is 4.07. The summed E-state index contributed by atoms with van der Waals surface area (Å²) in [5, 5.41) is 4.63. The number of primary amides is 1. The predicted octanol–water partition coefficient (Wildman–Crippen LogP) is 0.754. The van der Waals surface area contributed by atoms with Crippen molar-refractivity contribution in [2.45, 2.75) is 12.1 Å². The quantitative estimate of drug-likeness (QED) is 0.656. The molecule has 4 rings (SSSR count). The molecule has 29 heavy (non-hydrogen) atoms.